The summed E-state index contributed by atoms with van der Waals surface area (Å²) in [6, 6.07) is 69.4. The quantitative estimate of drug-likeness (QED) is 0.172. The van der Waals surface area contributed by atoms with Crippen LogP contribution >= 0.6 is 11.3 Å². The van der Waals surface area contributed by atoms with Crippen LogP contribution in [0.1, 0.15) is 22.3 Å². The molecule has 1 aliphatic carbocycles. The number of aromatic nitrogens is 5. The fraction of sp³-hybridized carbons (Fsp3) is 0.0179. The molecule has 0 fully saturated rings. The van der Waals surface area contributed by atoms with Crippen LogP contribution in [-0.4, -0.2) is 24.9 Å². The molecule has 294 valence electrons. The van der Waals surface area contributed by atoms with E-state index in [9.17, 15) is 0 Å². The summed E-state index contributed by atoms with van der Waals surface area (Å²) in [4.78, 5) is 26.4. The average molecular weight is 824 g/mol. The maximum atomic E-state index is 6.75. The number of hydrogen-bond donors (Lipinski definition) is 0. The van der Waals surface area contributed by atoms with E-state index in [4.69, 9.17) is 29.7 Å². The molecule has 0 saturated heterocycles. The van der Waals surface area contributed by atoms with Crippen molar-refractivity contribution < 1.29 is 4.74 Å². The first kappa shape index (κ1) is 35.6. The number of nitrogens with zero attached hydrogens (tertiary/aromatic N) is 5. The van der Waals surface area contributed by atoms with Crippen LogP contribution in [0.5, 0.6) is 11.5 Å². The van der Waals surface area contributed by atoms with Crippen LogP contribution < -0.4 is 4.74 Å². The number of para-hydroxylation sites is 2. The summed E-state index contributed by atoms with van der Waals surface area (Å²) in [5.41, 5.74) is 12.4. The summed E-state index contributed by atoms with van der Waals surface area (Å²) in [5, 5.41) is 1.13. The molecule has 0 unspecified atom stereocenters. The van der Waals surface area contributed by atoms with Crippen molar-refractivity contribution in [1.29, 1.82) is 0 Å². The smallest absolute Gasteiger partial charge is 0.164 e. The lowest BCUT2D eigenvalue weighted by Crippen LogP contribution is -2.32. The zero-order valence-electron chi connectivity index (χ0n) is 33.6. The van der Waals surface area contributed by atoms with Gasteiger partial charge in [-0.25, -0.2) is 24.9 Å². The molecule has 4 heterocycles. The molecule has 0 radical (unpaired) electrons. The van der Waals surface area contributed by atoms with E-state index in [0.717, 1.165) is 94.0 Å². The van der Waals surface area contributed by atoms with Gasteiger partial charge in [-0.1, -0.05) is 176 Å². The Morgan fingerprint density at radius 1 is 0.381 bits per heavy atom. The molecule has 8 aromatic carbocycles. The molecule has 13 rings (SSSR count). The Hall–Kier alpha value is -8.13. The zero-order chi connectivity index (χ0) is 41.5. The summed E-state index contributed by atoms with van der Waals surface area (Å²) >= 11 is 1.74. The Morgan fingerprint density at radius 2 is 0.937 bits per heavy atom. The third-order valence-corrected chi connectivity index (χ3v) is 13.6. The molecule has 0 bridgehead atoms. The molecule has 0 amide bonds. The van der Waals surface area contributed by atoms with Gasteiger partial charge in [0.2, 0.25) is 0 Å². The highest BCUT2D eigenvalue weighted by Gasteiger charge is 2.52. The fourth-order valence-electron chi connectivity index (χ4n) is 9.73. The second-order valence-corrected chi connectivity index (χ2v) is 17.0. The number of hydrogen-bond acceptors (Lipinski definition) is 7. The summed E-state index contributed by atoms with van der Waals surface area (Å²) in [5.74, 6) is 4.12. The van der Waals surface area contributed by atoms with E-state index < -0.39 is 5.41 Å². The van der Waals surface area contributed by atoms with Crippen molar-refractivity contribution in [2.24, 2.45) is 0 Å². The van der Waals surface area contributed by atoms with Crippen LogP contribution in [-0.2, 0) is 5.41 Å². The molecule has 3 aromatic heterocycles. The van der Waals surface area contributed by atoms with E-state index in [1.807, 2.05) is 54.6 Å². The molecule has 1 spiro atoms. The average Bonchev–Trinajstić information content (AvgIpc) is 3.88. The molecule has 2 aliphatic rings. The lowest BCUT2D eigenvalue weighted by molar-refractivity contribution is 0.436. The first-order valence-corrected chi connectivity index (χ1v) is 21.8. The van der Waals surface area contributed by atoms with Crippen molar-refractivity contribution in [3.05, 3.63) is 222 Å². The van der Waals surface area contributed by atoms with Gasteiger partial charge in [-0.05, 0) is 46.5 Å². The highest BCUT2D eigenvalue weighted by Crippen LogP contribution is 2.64. The van der Waals surface area contributed by atoms with Gasteiger partial charge in [-0.15, -0.1) is 11.3 Å². The number of fused-ring (bicyclic) bond motifs is 12. The first-order chi connectivity index (χ1) is 31.2. The van der Waals surface area contributed by atoms with Crippen molar-refractivity contribution in [3.8, 4) is 79.4 Å². The van der Waals surface area contributed by atoms with Crippen LogP contribution in [0.2, 0.25) is 0 Å². The molecular weight excluding hydrogens is 791 g/mol. The van der Waals surface area contributed by atoms with Gasteiger partial charge in [0.15, 0.2) is 23.3 Å². The predicted octanol–water partition coefficient (Wildman–Crippen LogP) is 13.8. The molecule has 1 aliphatic heterocycles. The molecule has 11 aromatic rings. The van der Waals surface area contributed by atoms with Gasteiger partial charge in [0.1, 0.15) is 11.5 Å². The van der Waals surface area contributed by atoms with Crippen molar-refractivity contribution in [2.75, 3.05) is 0 Å². The minimum Gasteiger partial charge on any atom is -0.457 e. The largest absolute Gasteiger partial charge is 0.457 e. The van der Waals surface area contributed by atoms with Crippen LogP contribution in [0.3, 0.4) is 0 Å². The minimum atomic E-state index is -0.790. The SMILES string of the molecule is c1ccc(-c2nc(-c3ccccc3)nc(-c3cccc4c3C3(c5ccccc5Oc5ccccc53)c3ccc(-c5nc(-c6ccccc6)c6sc7ccccc7c6n5)cc3-4)n2)cc1. The summed E-state index contributed by atoms with van der Waals surface area (Å²) in [6.45, 7) is 0. The molecule has 7 heteroatoms. The lowest BCUT2D eigenvalue weighted by atomic mass is 9.65. The van der Waals surface area contributed by atoms with Gasteiger partial charge < -0.3 is 4.74 Å². The second kappa shape index (κ2) is 14.0. The molecule has 0 N–H and O–H groups in total. The minimum absolute atomic E-state index is 0.596. The highest BCUT2D eigenvalue weighted by atomic mass is 32.1. The first-order valence-electron chi connectivity index (χ1n) is 21.0. The Bertz CT molecular complexity index is 3500. The van der Waals surface area contributed by atoms with Crippen molar-refractivity contribution in [2.45, 2.75) is 5.41 Å². The van der Waals surface area contributed by atoms with E-state index in [1.54, 1.807) is 11.3 Å². The van der Waals surface area contributed by atoms with E-state index in [2.05, 4.69) is 146 Å². The number of benzene rings is 8. The van der Waals surface area contributed by atoms with Crippen molar-refractivity contribution in [1.82, 2.24) is 24.9 Å². The standard InChI is InChI=1S/C56H33N5OS/c1-4-17-34(18-5-1)49-51-50(39-23-10-15-30-47(39)63-51)58-54(57-49)37-31-32-42-41(33-37)38-24-16-25-40(48(38)56(42)43-26-11-13-28-45(43)62-46-29-14-12-27-44(46)56)55-60-52(35-19-6-2-7-20-35)59-53(61-55)36-21-8-3-9-22-36/h1-33H. The summed E-state index contributed by atoms with van der Waals surface area (Å²) in [6.07, 6.45) is 0. The number of ether oxygens (including phenoxy) is 1. The Kier molecular flexibility index (Phi) is 7.89. The zero-order valence-corrected chi connectivity index (χ0v) is 34.4. The summed E-state index contributed by atoms with van der Waals surface area (Å²) in [7, 11) is 0. The monoisotopic (exact) mass is 823 g/mol. The normalized spacial score (nSPS) is 13.0. The molecule has 0 saturated carbocycles. The Morgan fingerprint density at radius 3 is 1.62 bits per heavy atom. The van der Waals surface area contributed by atoms with Crippen LogP contribution in [0.25, 0.3) is 88.2 Å². The van der Waals surface area contributed by atoms with Crippen LogP contribution in [0, 0.1) is 0 Å². The van der Waals surface area contributed by atoms with Crippen molar-refractivity contribution in [3.63, 3.8) is 0 Å². The molecule has 0 atom stereocenters. The third-order valence-electron chi connectivity index (χ3n) is 12.4. The van der Waals surface area contributed by atoms with Gasteiger partial charge in [0.25, 0.3) is 0 Å². The van der Waals surface area contributed by atoms with Gasteiger partial charge in [0, 0.05) is 49.0 Å². The topological polar surface area (TPSA) is 73.7 Å². The molecule has 63 heavy (non-hydrogen) atoms. The number of thiophene rings is 1. The predicted molar refractivity (Wildman–Crippen MR) is 253 cm³/mol. The van der Waals surface area contributed by atoms with E-state index >= 15 is 0 Å². The van der Waals surface area contributed by atoms with Gasteiger partial charge in [-0.2, -0.15) is 0 Å². The maximum Gasteiger partial charge on any atom is 0.164 e. The van der Waals surface area contributed by atoms with Crippen molar-refractivity contribution >= 4 is 31.6 Å². The molecular formula is C56H33N5OS. The van der Waals surface area contributed by atoms with E-state index in [1.165, 1.54) is 4.70 Å². The third kappa shape index (κ3) is 5.40. The Labute approximate surface area is 366 Å². The van der Waals surface area contributed by atoms with Gasteiger partial charge in [-0.3, -0.25) is 0 Å². The summed E-state index contributed by atoms with van der Waals surface area (Å²) < 4.78 is 9.02. The van der Waals surface area contributed by atoms with Crippen LogP contribution in [0.4, 0.5) is 0 Å². The lowest BCUT2D eigenvalue weighted by Gasteiger charge is -2.40. The van der Waals surface area contributed by atoms with E-state index in [-0.39, 0.29) is 0 Å². The van der Waals surface area contributed by atoms with Gasteiger partial charge >= 0.3 is 0 Å². The van der Waals surface area contributed by atoms with E-state index in [0.29, 0.717) is 23.3 Å². The maximum absolute atomic E-state index is 6.75. The Balaban J connectivity index is 1.11. The second-order valence-electron chi connectivity index (χ2n) is 15.9. The number of rotatable bonds is 5. The fourth-order valence-corrected chi connectivity index (χ4v) is 10.9. The van der Waals surface area contributed by atoms with Crippen LogP contribution in [0.15, 0.2) is 200 Å². The molecule has 6 nitrogen and oxygen atoms in total. The van der Waals surface area contributed by atoms with Gasteiger partial charge in [0.05, 0.1) is 21.3 Å². The highest BCUT2D eigenvalue weighted by molar-refractivity contribution is 7.26.